The fraction of sp³-hybridized carbons (Fsp3) is 0.889. The van der Waals surface area contributed by atoms with Crippen molar-refractivity contribution in [3.05, 3.63) is 0 Å². The second-order valence-electron chi connectivity index (χ2n) is 3.83. The molecular formula is C9H17NO2. The molecule has 0 heterocycles. The number of rotatable bonds is 3. The summed E-state index contributed by atoms with van der Waals surface area (Å²) in [6, 6.07) is 0.325. The van der Waals surface area contributed by atoms with Crippen LogP contribution in [0.4, 0.5) is 0 Å². The number of hydrogen-bond donors (Lipinski definition) is 2. The summed E-state index contributed by atoms with van der Waals surface area (Å²) in [6.07, 6.45) is 2.49. The molecule has 0 bridgehead atoms. The van der Waals surface area contributed by atoms with E-state index < -0.39 is 6.10 Å². The summed E-state index contributed by atoms with van der Waals surface area (Å²) >= 11 is 0. The van der Waals surface area contributed by atoms with Crippen molar-refractivity contribution in [1.29, 1.82) is 0 Å². The molecule has 1 saturated carbocycles. The fourth-order valence-corrected chi connectivity index (χ4v) is 1.14. The van der Waals surface area contributed by atoms with E-state index in [4.69, 9.17) is 0 Å². The molecule has 1 atom stereocenters. The van der Waals surface area contributed by atoms with E-state index in [2.05, 4.69) is 5.32 Å². The van der Waals surface area contributed by atoms with Gasteiger partial charge in [-0.25, -0.2) is 0 Å². The molecule has 0 aromatic rings. The van der Waals surface area contributed by atoms with Gasteiger partial charge in [0.05, 0.1) is 0 Å². The van der Waals surface area contributed by atoms with Crippen LogP contribution in [-0.2, 0) is 4.79 Å². The van der Waals surface area contributed by atoms with Crippen molar-refractivity contribution in [2.24, 2.45) is 5.92 Å². The molecule has 1 amide bonds. The lowest BCUT2D eigenvalue weighted by Crippen LogP contribution is -2.46. The van der Waals surface area contributed by atoms with Gasteiger partial charge in [-0.15, -0.1) is 0 Å². The largest absolute Gasteiger partial charge is 0.383 e. The molecule has 0 radical (unpaired) electrons. The van der Waals surface area contributed by atoms with Gasteiger partial charge in [-0.2, -0.15) is 0 Å². The first kappa shape index (κ1) is 9.52. The van der Waals surface area contributed by atoms with Crippen LogP contribution < -0.4 is 5.32 Å². The normalized spacial score (nSPS) is 20.3. The molecular weight excluding hydrogens is 154 g/mol. The van der Waals surface area contributed by atoms with Crippen molar-refractivity contribution in [3.8, 4) is 0 Å². The van der Waals surface area contributed by atoms with Crippen LogP contribution in [0.5, 0.6) is 0 Å². The number of aliphatic hydroxyl groups is 1. The van der Waals surface area contributed by atoms with E-state index in [1.54, 1.807) is 0 Å². The quantitative estimate of drug-likeness (QED) is 0.655. The number of amides is 1. The summed E-state index contributed by atoms with van der Waals surface area (Å²) in [5.41, 5.74) is 0. The van der Waals surface area contributed by atoms with Crippen LogP contribution in [0, 0.1) is 5.92 Å². The topological polar surface area (TPSA) is 49.3 Å². The Kier molecular flexibility index (Phi) is 3.09. The Balaban J connectivity index is 2.26. The van der Waals surface area contributed by atoms with Crippen molar-refractivity contribution in [3.63, 3.8) is 0 Å². The van der Waals surface area contributed by atoms with Crippen molar-refractivity contribution >= 4 is 5.91 Å². The van der Waals surface area contributed by atoms with Crippen molar-refractivity contribution in [2.45, 2.75) is 45.3 Å². The average Bonchev–Trinajstić information content (AvgIpc) is 1.94. The summed E-state index contributed by atoms with van der Waals surface area (Å²) in [5, 5.41) is 12.2. The average molecular weight is 171 g/mol. The zero-order chi connectivity index (χ0) is 9.14. The lowest BCUT2D eigenvalue weighted by Gasteiger charge is -2.28. The number of aliphatic hydroxyl groups excluding tert-OH is 1. The van der Waals surface area contributed by atoms with Crippen LogP contribution >= 0.6 is 0 Å². The summed E-state index contributed by atoms with van der Waals surface area (Å²) in [4.78, 5) is 11.2. The number of hydrogen-bond acceptors (Lipinski definition) is 2. The Morgan fingerprint density at radius 2 is 2.08 bits per heavy atom. The molecule has 0 saturated heterocycles. The Morgan fingerprint density at radius 1 is 1.50 bits per heavy atom. The molecule has 0 spiro atoms. The van der Waals surface area contributed by atoms with E-state index >= 15 is 0 Å². The number of carbonyl (C=O) groups is 1. The molecule has 2 N–H and O–H groups in total. The smallest absolute Gasteiger partial charge is 0.249 e. The van der Waals surface area contributed by atoms with Gasteiger partial charge in [-0.1, -0.05) is 13.8 Å². The monoisotopic (exact) mass is 171 g/mol. The van der Waals surface area contributed by atoms with Gasteiger partial charge >= 0.3 is 0 Å². The van der Waals surface area contributed by atoms with Gasteiger partial charge in [0.25, 0.3) is 0 Å². The summed E-state index contributed by atoms with van der Waals surface area (Å²) < 4.78 is 0. The highest BCUT2D eigenvalue weighted by atomic mass is 16.3. The second-order valence-corrected chi connectivity index (χ2v) is 3.83. The van der Waals surface area contributed by atoms with Gasteiger partial charge in [0.1, 0.15) is 6.10 Å². The zero-order valence-electron chi connectivity index (χ0n) is 7.71. The predicted octanol–water partition coefficient (Wildman–Crippen LogP) is 0.672. The first-order valence-corrected chi connectivity index (χ1v) is 4.59. The predicted molar refractivity (Wildman–Crippen MR) is 46.6 cm³/mol. The first-order chi connectivity index (χ1) is 5.61. The van der Waals surface area contributed by atoms with Crippen LogP contribution in [0.25, 0.3) is 0 Å². The highest BCUT2D eigenvalue weighted by Gasteiger charge is 2.24. The second kappa shape index (κ2) is 3.90. The highest BCUT2D eigenvalue weighted by molar-refractivity contribution is 5.81. The Morgan fingerprint density at radius 3 is 2.42 bits per heavy atom. The van der Waals surface area contributed by atoms with Gasteiger partial charge < -0.3 is 10.4 Å². The first-order valence-electron chi connectivity index (χ1n) is 4.59. The lowest BCUT2D eigenvalue weighted by molar-refractivity contribution is -0.132. The molecule has 3 nitrogen and oxygen atoms in total. The Hall–Kier alpha value is -0.570. The highest BCUT2D eigenvalue weighted by Crippen LogP contribution is 2.18. The molecule has 1 rings (SSSR count). The van der Waals surface area contributed by atoms with Crippen LogP contribution in [0.3, 0.4) is 0 Å². The minimum Gasteiger partial charge on any atom is -0.383 e. The van der Waals surface area contributed by atoms with Crippen molar-refractivity contribution < 1.29 is 9.90 Å². The number of nitrogens with one attached hydrogen (secondary N) is 1. The molecule has 0 aromatic heterocycles. The van der Waals surface area contributed by atoms with E-state index in [1.165, 1.54) is 6.42 Å². The lowest BCUT2D eigenvalue weighted by atomic mass is 9.92. The molecule has 1 aliphatic rings. The maximum absolute atomic E-state index is 11.2. The minimum absolute atomic E-state index is 0.00470. The molecule has 0 aromatic carbocycles. The molecule has 70 valence electrons. The third-order valence-electron chi connectivity index (χ3n) is 2.35. The van der Waals surface area contributed by atoms with Gasteiger partial charge in [0.2, 0.25) is 5.91 Å². The van der Waals surface area contributed by atoms with Gasteiger partial charge in [0, 0.05) is 6.04 Å². The molecule has 0 unspecified atom stereocenters. The third kappa shape index (κ3) is 2.21. The van der Waals surface area contributed by atoms with Crippen LogP contribution in [0.2, 0.25) is 0 Å². The van der Waals surface area contributed by atoms with Gasteiger partial charge in [0.15, 0.2) is 0 Å². The minimum atomic E-state index is -0.842. The maximum Gasteiger partial charge on any atom is 0.249 e. The molecule has 3 heteroatoms. The number of carbonyl (C=O) groups excluding carboxylic acids is 1. The molecule has 1 fully saturated rings. The third-order valence-corrected chi connectivity index (χ3v) is 2.35. The van der Waals surface area contributed by atoms with Crippen molar-refractivity contribution in [1.82, 2.24) is 5.32 Å². The van der Waals surface area contributed by atoms with E-state index in [-0.39, 0.29) is 11.8 Å². The van der Waals surface area contributed by atoms with Gasteiger partial charge in [-0.3, -0.25) is 4.79 Å². The zero-order valence-corrected chi connectivity index (χ0v) is 7.71. The van der Waals surface area contributed by atoms with E-state index in [9.17, 15) is 9.90 Å². The van der Waals surface area contributed by atoms with Crippen LogP contribution in [0.15, 0.2) is 0 Å². The maximum atomic E-state index is 11.2. The fourth-order valence-electron chi connectivity index (χ4n) is 1.14. The summed E-state index contributed by atoms with van der Waals surface area (Å²) in [5.74, 6) is -0.209. The van der Waals surface area contributed by atoms with Gasteiger partial charge in [-0.05, 0) is 25.2 Å². The van der Waals surface area contributed by atoms with Crippen LogP contribution in [0.1, 0.15) is 33.1 Å². The van der Waals surface area contributed by atoms with E-state index in [0.717, 1.165) is 12.8 Å². The Labute approximate surface area is 73.2 Å². The van der Waals surface area contributed by atoms with Crippen LogP contribution in [-0.4, -0.2) is 23.2 Å². The standard InChI is InChI=1S/C9H17NO2/c1-6(2)8(11)9(12)10-7-4-3-5-7/h6-8,11H,3-5H2,1-2H3,(H,10,12)/t8-/m0/s1. The Bertz CT molecular complexity index is 164. The van der Waals surface area contributed by atoms with E-state index in [0.29, 0.717) is 6.04 Å². The molecule has 12 heavy (non-hydrogen) atoms. The molecule has 1 aliphatic carbocycles. The van der Waals surface area contributed by atoms with E-state index in [1.807, 2.05) is 13.8 Å². The molecule has 0 aliphatic heterocycles. The SMILES string of the molecule is CC(C)[C@H](O)C(=O)NC1CCC1. The van der Waals surface area contributed by atoms with Crippen molar-refractivity contribution in [2.75, 3.05) is 0 Å². The summed E-state index contributed by atoms with van der Waals surface area (Å²) in [7, 11) is 0. The summed E-state index contributed by atoms with van der Waals surface area (Å²) in [6.45, 7) is 3.68.